The highest BCUT2D eigenvalue weighted by atomic mass is 16.3. The zero-order chi connectivity index (χ0) is 14.8. The molecule has 0 bridgehead atoms. The van der Waals surface area contributed by atoms with Gasteiger partial charge in [0.05, 0.1) is 6.10 Å². The molecule has 4 rings (SSSR count). The first-order valence-electron chi connectivity index (χ1n) is 9.33. The molecule has 0 heterocycles. The number of aliphatic hydroxyl groups is 1. The maximum atomic E-state index is 10.5. The summed E-state index contributed by atoms with van der Waals surface area (Å²) in [5.74, 6) is 3.42. The molecule has 0 aromatic rings. The van der Waals surface area contributed by atoms with Gasteiger partial charge in [-0.2, -0.15) is 0 Å². The van der Waals surface area contributed by atoms with Crippen LogP contribution in [0.1, 0.15) is 72.1 Å². The van der Waals surface area contributed by atoms with Gasteiger partial charge in [0, 0.05) is 0 Å². The minimum absolute atomic E-state index is 0.0342. The molecule has 7 atom stereocenters. The first-order valence-corrected chi connectivity index (χ1v) is 9.33. The largest absolute Gasteiger partial charge is 0.393 e. The van der Waals surface area contributed by atoms with Crippen molar-refractivity contribution in [1.29, 1.82) is 0 Å². The van der Waals surface area contributed by atoms with E-state index in [-0.39, 0.29) is 11.5 Å². The van der Waals surface area contributed by atoms with Crippen LogP contribution in [-0.2, 0) is 0 Å². The van der Waals surface area contributed by atoms with Crippen LogP contribution in [-0.4, -0.2) is 11.2 Å². The van der Waals surface area contributed by atoms with Crippen molar-refractivity contribution >= 4 is 0 Å². The lowest BCUT2D eigenvalue weighted by atomic mass is 9.47. The molecule has 1 N–H and O–H groups in total. The molecule has 4 unspecified atom stereocenters. The van der Waals surface area contributed by atoms with E-state index in [0.29, 0.717) is 5.41 Å². The van der Waals surface area contributed by atoms with Crippen LogP contribution in [0.3, 0.4) is 0 Å². The van der Waals surface area contributed by atoms with Crippen LogP contribution < -0.4 is 0 Å². The molecule has 0 saturated heterocycles. The SMILES string of the molecule is C[C@H]1CC[C@@]2(C)C(=CCC3C4CCC(O)[C@@]4(C)CCC32)C1. The Labute approximate surface area is 130 Å². The Hall–Kier alpha value is -0.300. The maximum Gasteiger partial charge on any atom is 0.0596 e. The summed E-state index contributed by atoms with van der Waals surface area (Å²) in [4.78, 5) is 0. The number of rotatable bonds is 0. The number of fused-ring (bicyclic) bond motifs is 5. The monoisotopic (exact) mass is 288 g/mol. The average molecular weight is 288 g/mol. The average Bonchev–Trinajstić information content (AvgIpc) is 2.76. The quantitative estimate of drug-likeness (QED) is 0.626. The van der Waals surface area contributed by atoms with E-state index < -0.39 is 0 Å². The molecule has 0 aromatic carbocycles. The lowest BCUT2D eigenvalue weighted by Gasteiger charge is -2.57. The van der Waals surface area contributed by atoms with Crippen molar-refractivity contribution < 1.29 is 5.11 Å². The Kier molecular flexibility index (Phi) is 3.13. The molecule has 1 heteroatoms. The van der Waals surface area contributed by atoms with Gasteiger partial charge in [0.15, 0.2) is 0 Å². The van der Waals surface area contributed by atoms with Crippen LogP contribution in [0.2, 0.25) is 0 Å². The van der Waals surface area contributed by atoms with Gasteiger partial charge in [0.25, 0.3) is 0 Å². The van der Waals surface area contributed by atoms with E-state index in [4.69, 9.17) is 0 Å². The fraction of sp³-hybridized carbons (Fsp3) is 0.900. The van der Waals surface area contributed by atoms with E-state index in [0.717, 1.165) is 30.1 Å². The molecule has 0 aromatic heterocycles. The van der Waals surface area contributed by atoms with Gasteiger partial charge in [-0.15, -0.1) is 0 Å². The van der Waals surface area contributed by atoms with Crippen molar-refractivity contribution in [1.82, 2.24) is 0 Å². The summed E-state index contributed by atoms with van der Waals surface area (Å²) in [6.07, 6.45) is 13.0. The Morgan fingerprint density at radius 2 is 1.86 bits per heavy atom. The summed E-state index contributed by atoms with van der Waals surface area (Å²) in [5, 5.41) is 10.5. The molecule has 4 aliphatic rings. The van der Waals surface area contributed by atoms with Crippen LogP contribution in [0.25, 0.3) is 0 Å². The van der Waals surface area contributed by atoms with Crippen molar-refractivity contribution in [3.05, 3.63) is 11.6 Å². The minimum atomic E-state index is -0.0342. The Balaban J connectivity index is 1.68. The van der Waals surface area contributed by atoms with Crippen LogP contribution in [0.4, 0.5) is 0 Å². The summed E-state index contributed by atoms with van der Waals surface area (Å²) >= 11 is 0. The molecule has 0 radical (unpaired) electrons. The van der Waals surface area contributed by atoms with Gasteiger partial charge < -0.3 is 5.11 Å². The predicted octanol–water partition coefficient (Wildman–Crippen LogP) is 4.95. The maximum absolute atomic E-state index is 10.5. The van der Waals surface area contributed by atoms with Gasteiger partial charge in [0.2, 0.25) is 0 Å². The summed E-state index contributed by atoms with van der Waals surface area (Å²) < 4.78 is 0. The van der Waals surface area contributed by atoms with Crippen LogP contribution in [0, 0.1) is 34.5 Å². The Bertz CT molecular complexity index is 466. The predicted molar refractivity (Wildman–Crippen MR) is 86.9 cm³/mol. The van der Waals surface area contributed by atoms with Crippen molar-refractivity contribution in [2.75, 3.05) is 0 Å². The minimum Gasteiger partial charge on any atom is -0.393 e. The molecule has 0 spiro atoms. The molecular formula is C20H32O. The fourth-order valence-electron chi connectivity index (χ4n) is 6.82. The summed E-state index contributed by atoms with van der Waals surface area (Å²) in [6.45, 7) is 7.39. The molecule has 0 amide bonds. The molecule has 21 heavy (non-hydrogen) atoms. The molecular weight excluding hydrogens is 256 g/mol. The third-order valence-electron chi connectivity index (χ3n) is 8.30. The number of hydrogen-bond donors (Lipinski definition) is 1. The first kappa shape index (κ1) is 14.3. The van der Waals surface area contributed by atoms with Gasteiger partial charge in [-0.1, -0.05) is 32.4 Å². The molecule has 3 saturated carbocycles. The van der Waals surface area contributed by atoms with Crippen LogP contribution >= 0.6 is 0 Å². The van der Waals surface area contributed by atoms with Gasteiger partial charge in [-0.3, -0.25) is 0 Å². The number of aliphatic hydroxyl groups excluding tert-OH is 1. The van der Waals surface area contributed by atoms with E-state index >= 15 is 0 Å². The van der Waals surface area contributed by atoms with Crippen molar-refractivity contribution in [2.45, 2.75) is 78.2 Å². The molecule has 3 fully saturated rings. The zero-order valence-corrected chi connectivity index (χ0v) is 14.1. The van der Waals surface area contributed by atoms with Crippen LogP contribution in [0.15, 0.2) is 11.6 Å². The molecule has 118 valence electrons. The first-order chi connectivity index (χ1) is 9.95. The van der Waals surface area contributed by atoms with E-state index in [1.54, 1.807) is 5.57 Å². The highest BCUT2D eigenvalue weighted by Crippen LogP contribution is 2.65. The second-order valence-corrected chi connectivity index (χ2v) is 9.24. The highest BCUT2D eigenvalue weighted by molar-refractivity contribution is 5.25. The van der Waals surface area contributed by atoms with Gasteiger partial charge in [-0.05, 0) is 85.9 Å². The fourth-order valence-corrected chi connectivity index (χ4v) is 6.82. The Morgan fingerprint density at radius 3 is 2.67 bits per heavy atom. The Morgan fingerprint density at radius 1 is 1.05 bits per heavy atom. The smallest absolute Gasteiger partial charge is 0.0596 e. The summed E-state index contributed by atoms with van der Waals surface area (Å²) in [7, 11) is 0. The number of hydrogen-bond acceptors (Lipinski definition) is 1. The van der Waals surface area contributed by atoms with Gasteiger partial charge in [-0.25, -0.2) is 0 Å². The second-order valence-electron chi connectivity index (χ2n) is 9.24. The molecule has 4 aliphatic carbocycles. The van der Waals surface area contributed by atoms with Crippen molar-refractivity contribution in [3.63, 3.8) is 0 Å². The van der Waals surface area contributed by atoms with Gasteiger partial charge in [0.1, 0.15) is 0 Å². The third-order valence-corrected chi connectivity index (χ3v) is 8.30. The van der Waals surface area contributed by atoms with Crippen molar-refractivity contribution in [3.8, 4) is 0 Å². The molecule has 1 nitrogen and oxygen atoms in total. The highest BCUT2D eigenvalue weighted by Gasteiger charge is 2.58. The van der Waals surface area contributed by atoms with Gasteiger partial charge >= 0.3 is 0 Å². The summed E-state index contributed by atoms with van der Waals surface area (Å²) in [5.41, 5.74) is 2.51. The standard InChI is InChI=1S/C20H32O/c1-13-8-10-19(2)14(12-13)4-5-15-16-6-7-18(21)20(16,3)11-9-17(15)19/h4,13,15-18,21H,5-12H2,1-3H3/t13-,15?,16?,17?,18?,19-,20-/m0/s1. The second kappa shape index (κ2) is 4.60. The van der Waals surface area contributed by atoms with E-state index in [2.05, 4.69) is 26.8 Å². The molecule has 0 aliphatic heterocycles. The van der Waals surface area contributed by atoms with Crippen molar-refractivity contribution in [2.24, 2.45) is 34.5 Å². The third kappa shape index (κ3) is 1.85. The van der Waals surface area contributed by atoms with Crippen LogP contribution in [0.5, 0.6) is 0 Å². The summed E-state index contributed by atoms with van der Waals surface area (Å²) in [6, 6.07) is 0. The number of allylic oxidation sites excluding steroid dienone is 2. The zero-order valence-electron chi connectivity index (χ0n) is 14.1. The van der Waals surface area contributed by atoms with E-state index in [9.17, 15) is 5.11 Å². The van der Waals surface area contributed by atoms with E-state index in [1.807, 2.05) is 0 Å². The normalized spacial score (nSPS) is 56.2. The van der Waals surface area contributed by atoms with E-state index in [1.165, 1.54) is 44.9 Å². The topological polar surface area (TPSA) is 20.2 Å². The lowest BCUT2D eigenvalue weighted by Crippen LogP contribution is -2.50. The lowest BCUT2D eigenvalue weighted by molar-refractivity contribution is -0.0677.